The predicted molar refractivity (Wildman–Crippen MR) is 143 cm³/mol. The first-order valence-electron chi connectivity index (χ1n) is 11.9. The van der Waals surface area contributed by atoms with E-state index in [1.807, 2.05) is 42.5 Å². The monoisotopic (exact) mass is 513 g/mol. The van der Waals surface area contributed by atoms with Gasteiger partial charge in [0.05, 0.1) is 21.8 Å². The molecule has 0 bridgehead atoms. The minimum absolute atomic E-state index is 0.00133. The maximum Gasteiger partial charge on any atom is 0.257 e. The summed E-state index contributed by atoms with van der Waals surface area (Å²) >= 11 is 6.43. The van der Waals surface area contributed by atoms with Crippen LogP contribution in [0.1, 0.15) is 27.6 Å². The van der Waals surface area contributed by atoms with Crippen molar-refractivity contribution in [1.82, 2.24) is 19.8 Å². The van der Waals surface area contributed by atoms with Gasteiger partial charge in [0.15, 0.2) is 0 Å². The van der Waals surface area contributed by atoms with Gasteiger partial charge >= 0.3 is 0 Å². The quantitative estimate of drug-likeness (QED) is 0.433. The zero-order valence-corrected chi connectivity index (χ0v) is 20.9. The van der Waals surface area contributed by atoms with Gasteiger partial charge in [-0.3, -0.25) is 14.4 Å². The number of halogens is 1. The van der Waals surface area contributed by atoms with Crippen LogP contribution in [0.4, 0.5) is 5.69 Å². The Kier molecular flexibility index (Phi) is 6.83. The summed E-state index contributed by atoms with van der Waals surface area (Å²) in [5.41, 5.74) is 3.70. The second kappa shape index (κ2) is 10.4. The van der Waals surface area contributed by atoms with E-state index in [1.165, 1.54) is 19.3 Å². The zero-order chi connectivity index (χ0) is 25.9. The number of nitrogens with zero attached hydrogens (tertiary/aromatic N) is 4. The summed E-state index contributed by atoms with van der Waals surface area (Å²) in [5, 5.41) is 3.99. The molecule has 1 aromatic heterocycles. The molecular weight excluding hydrogens is 490 g/mol. The fraction of sp³-hybridized carbons (Fsp3) is 0.179. The second-order valence-electron chi connectivity index (χ2n) is 8.77. The molecule has 1 fully saturated rings. The lowest BCUT2D eigenvalue weighted by Crippen LogP contribution is -2.50. The molecule has 1 aliphatic heterocycles. The van der Waals surface area contributed by atoms with Crippen molar-refractivity contribution in [1.29, 1.82) is 0 Å². The van der Waals surface area contributed by atoms with Gasteiger partial charge in [-0.25, -0.2) is 9.97 Å². The number of amides is 3. The second-order valence-corrected chi connectivity index (χ2v) is 9.17. The van der Waals surface area contributed by atoms with Gasteiger partial charge in [0.25, 0.3) is 11.8 Å². The number of piperazine rings is 1. The van der Waals surface area contributed by atoms with E-state index in [1.54, 1.807) is 28.0 Å². The normalized spacial score (nSPS) is 13.5. The molecule has 0 aliphatic carbocycles. The van der Waals surface area contributed by atoms with E-state index in [0.717, 1.165) is 22.2 Å². The Morgan fingerprint density at radius 3 is 2.38 bits per heavy atom. The van der Waals surface area contributed by atoms with Crippen LogP contribution in [-0.4, -0.2) is 63.7 Å². The van der Waals surface area contributed by atoms with E-state index < -0.39 is 0 Å². The third-order valence-electron chi connectivity index (χ3n) is 6.41. The summed E-state index contributed by atoms with van der Waals surface area (Å²) in [5.74, 6) is -0.563. The van der Waals surface area contributed by atoms with Crippen LogP contribution in [0.15, 0.2) is 73.1 Å². The van der Waals surface area contributed by atoms with E-state index in [0.29, 0.717) is 37.4 Å². The molecule has 3 amide bonds. The molecule has 0 saturated carbocycles. The van der Waals surface area contributed by atoms with Gasteiger partial charge in [-0.2, -0.15) is 0 Å². The van der Waals surface area contributed by atoms with Crippen LogP contribution in [0.5, 0.6) is 0 Å². The molecule has 186 valence electrons. The number of carbonyl (C=O) groups is 3. The van der Waals surface area contributed by atoms with Crippen molar-refractivity contribution in [3.05, 3.63) is 89.2 Å². The highest BCUT2D eigenvalue weighted by Gasteiger charge is 2.24. The van der Waals surface area contributed by atoms with Crippen LogP contribution in [0.2, 0.25) is 5.02 Å². The maximum atomic E-state index is 13.0. The topological polar surface area (TPSA) is 95.5 Å². The van der Waals surface area contributed by atoms with Gasteiger partial charge in [0, 0.05) is 55.3 Å². The minimum Gasteiger partial charge on any atom is -0.339 e. The Morgan fingerprint density at radius 1 is 0.865 bits per heavy atom. The average Bonchev–Trinajstić information content (AvgIpc) is 2.92. The van der Waals surface area contributed by atoms with Crippen LogP contribution in [0, 0.1) is 0 Å². The molecular formula is C28H24ClN5O3. The first-order chi connectivity index (χ1) is 17.9. The molecule has 5 rings (SSSR count). The van der Waals surface area contributed by atoms with Crippen molar-refractivity contribution in [3.63, 3.8) is 0 Å². The Morgan fingerprint density at radius 2 is 1.62 bits per heavy atom. The molecule has 0 radical (unpaired) electrons. The molecule has 0 atom stereocenters. The molecule has 4 aromatic rings. The Labute approximate surface area is 218 Å². The van der Waals surface area contributed by atoms with Crippen LogP contribution in [-0.2, 0) is 4.79 Å². The number of hydrogen-bond donors (Lipinski definition) is 1. The summed E-state index contributed by atoms with van der Waals surface area (Å²) in [6, 6.07) is 19.8. The number of anilines is 1. The highest BCUT2D eigenvalue weighted by Crippen LogP contribution is 2.28. The van der Waals surface area contributed by atoms with Crippen molar-refractivity contribution >= 4 is 45.9 Å². The molecule has 9 heteroatoms. The summed E-state index contributed by atoms with van der Waals surface area (Å²) in [7, 11) is 0. The van der Waals surface area contributed by atoms with Crippen LogP contribution >= 0.6 is 11.6 Å². The van der Waals surface area contributed by atoms with Gasteiger partial charge in [-0.05, 0) is 36.4 Å². The highest BCUT2D eigenvalue weighted by atomic mass is 35.5. The minimum atomic E-state index is -0.385. The molecule has 8 nitrogen and oxygen atoms in total. The Balaban J connectivity index is 1.31. The number of hydrogen-bond acceptors (Lipinski definition) is 5. The lowest BCUT2D eigenvalue weighted by Gasteiger charge is -2.34. The standard InChI is InChI=1S/C28H24ClN5O3/c1-18(35)33-11-13-34(14-12-33)28(37)20-9-10-22(24(29)16-20)27(36)32-21-6-4-5-19(15-21)26-23-7-2-3-8-25(23)30-17-31-26/h2-10,15-17H,11-14H2,1H3,(H,32,36). The third-order valence-corrected chi connectivity index (χ3v) is 6.72. The summed E-state index contributed by atoms with van der Waals surface area (Å²) in [6.07, 6.45) is 1.52. The largest absolute Gasteiger partial charge is 0.339 e. The van der Waals surface area contributed by atoms with Crippen LogP contribution < -0.4 is 5.32 Å². The van der Waals surface area contributed by atoms with E-state index in [9.17, 15) is 14.4 Å². The molecule has 0 unspecified atom stereocenters. The lowest BCUT2D eigenvalue weighted by atomic mass is 10.1. The number of nitrogens with one attached hydrogen (secondary N) is 1. The number of rotatable bonds is 4. The fourth-order valence-corrected chi connectivity index (χ4v) is 4.68. The first kappa shape index (κ1) is 24.4. The molecule has 37 heavy (non-hydrogen) atoms. The van der Waals surface area contributed by atoms with Gasteiger partial charge in [0.2, 0.25) is 5.91 Å². The number of benzene rings is 3. The summed E-state index contributed by atoms with van der Waals surface area (Å²) in [4.78, 5) is 49.6. The zero-order valence-electron chi connectivity index (χ0n) is 20.1. The Bertz CT molecular complexity index is 1510. The molecule has 3 aromatic carbocycles. The van der Waals surface area contributed by atoms with Gasteiger partial charge < -0.3 is 15.1 Å². The van der Waals surface area contributed by atoms with Crippen molar-refractivity contribution in [2.75, 3.05) is 31.5 Å². The predicted octanol–water partition coefficient (Wildman–Crippen LogP) is 4.51. The van der Waals surface area contributed by atoms with E-state index in [4.69, 9.17) is 11.6 Å². The van der Waals surface area contributed by atoms with Crippen molar-refractivity contribution in [2.24, 2.45) is 0 Å². The van der Waals surface area contributed by atoms with Gasteiger partial charge in [-0.15, -0.1) is 0 Å². The third kappa shape index (κ3) is 5.15. The van der Waals surface area contributed by atoms with E-state index in [-0.39, 0.29) is 28.3 Å². The first-order valence-corrected chi connectivity index (χ1v) is 12.2. The molecule has 0 spiro atoms. The summed E-state index contributed by atoms with van der Waals surface area (Å²) < 4.78 is 0. The number of fused-ring (bicyclic) bond motifs is 1. The number of para-hydroxylation sites is 1. The maximum absolute atomic E-state index is 13.0. The fourth-order valence-electron chi connectivity index (χ4n) is 4.42. The molecule has 2 heterocycles. The molecule has 1 aliphatic rings. The Hall–Kier alpha value is -4.30. The van der Waals surface area contributed by atoms with Crippen molar-refractivity contribution in [3.8, 4) is 11.3 Å². The smallest absolute Gasteiger partial charge is 0.257 e. The van der Waals surface area contributed by atoms with Crippen LogP contribution in [0.25, 0.3) is 22.2 Å². The van der Waals surface area contributed by atoms with Crippen molar-refractivity contribution in [2.45, 2.75) is 6.92 Å². The average molecular weight is 514 g/mol. The number of aromatic nitrogens is 2. The number of carbonyl (C=O) groups excluding carboxylic acids is 3. The molecule has 1 N–H and O–H groups in total. The van der Waals surface area contributed by atoms with Crippen LogP contribution in [0.3, 0.4) is 0 Å². The summed E-state index contributed by atoms with van der Waals surface area (Å²) in [6.45, 7) is 3.43. The SMILES string of the molecule is CC(=O)N1CCN(C(=O)c2ccc(C(=O)Nc3cccc(-c4ncnc5ccccc45)c3)c(Cl)c2)CC1. The van der Waals surface area contributed by atoms with Gasteiger partial charge in [-0.1, -0.05) is 41.9 Å². The van der Waals surface area contributed by atoms with Gasteiger partial charge in [0.1, 0.15) is 6.33 Å². The highest BCUT2D eigenvalue weighted by molar-refractivity contribution is 6.34. The lowest BCUT2D eigenvalue weighted by molar-refractivity contribution is -0.130. The van der Waals surface area contributed by atoms with E-state index >= 15 is 0 Å². The molecule has 1 saturated heterocycles. The van der Waals surface area contributed by atoms with Crippen molar-refractivity contribution < 1.29 is 14.4 Å². The van der Waals surface area contributed by atoms with E-state index in [2.05, 4.69) is 15.3 Å².